The summed E-state index contributed by atoms with van der Waals surface area (Å²) in [5, 5.41) is 8.07. The van der Waals surface area contributed by atoms with Gasteiger partial charge in [-0.25, -0.2) is 4.79 Å². The molecule has 0 aliphatic heterocycles. The normalized spacial score (nSPS) is 9.91. The van der Waals surface area contributed by atoms with Gasteiger partial charge in [0.15, 0.2) is 0 Å². The minimum Gasteiger partial charge on any atom is -0.355 e. The maximum atomic E-state index is 11.8. The van der Waals surface area contributed by atoms with Crippen molar-refractivity contribution in [1.29, 1.82) is 0 Å². The highest BCUT2D eigenvalue weighted by Gasteiger charge is 2.05. The van der Waals surface area contributed by atoms with Crippen LogP contribution in [0.4, 0.5) is 10.5 Å². The van der Waals surface area contributed by atoms with Crippen molar-refractivity contribution in [2.45, 2.75) is 13.5 Å². The smallest absolute Gasteiger partial charge is 0.319 e. The van der Waals surface area contributed by atoms with Gasteiger partial charge in [-0.1, -0.05) is 29.8 Å². The van der Waals surface area contributed by atoms with Crippen LogP contribution in [0.1, 0.15) is 21.5 Å². The fraction of sp³-hybridized carbons (Fsp3) is 0.176. The van der Waals surface area contributed by atoms with Crippen molar-refractivity contribution < 1.29 is 9.59 Å². The first-order valence-corrected chi connectivity index (χ1v) is 7.01. The number of carbonyl (C=O) groups excluding carboxylic acids is 2. The van der Waals surface area contributed by atoms with Crippen LogP contribution < -0.4 is 16.0 Å². The van der Waals surface area contributed by atoms with Crippen LogP contribution in [0.15, 0.2) is 48.5 Å². The van der Waals surface area contributed by atoms with Crippen molar-refractivity contribution in [2.24, 2.45) is 0 Å². The Labute approximate surface area is 129 Å². The third kappa shape index (κ3) is 4.34. The summed E-state index contributed by atoms with van der Waals surface area (Å²) in [6.45, 7) is 2.47. The molecule has 2 rings (SSSR count). The molecule has 0 aliphatic rings. The predicted molar refractivity (Wildman–Crippen MR) is 86.9 cm³/mol. The minimum absolute atomic E-state index is 0.157. The van der Waals surface area contributed by atoms with E-state index < -0.39 is 0 Å². The molecular formula is C17H19N3O2. The zero-order chi connectivity index (χ0) is 15.9. The SMILES string of the molecule is CNC(=O)c1ccc(NC(=O)NCc2cccc(C)c2)cc1. The lowest BCUT2D eigenvalue weighted by Gasteiger charge is -2.09. The molecule has 2 aromatic rings. The van der Waals surface area contributed by atoms with Crippen LogP contribution in [0.5, 0.6) is 0 Å². The average Bonchev–Trinajstić information content (AvgIpc) is 2.53. The number of anilines is 1. The lowest BCUT2D eigenvalue weighted by Crippen LogP contribution is -2.28. The number of amides is 3. The van der Waals surface area contributed by atoms with Crippen LogP contribution in [-0.4, -0.2) is 19.0 Å². The average molecular weight is 297 g/mol. The van der Waals surface area contributed by atoms with Crippen LogP contribution in [-0.2, 0) is 6.54 Å². The van der Waals surface area contributed by atoms with Gasteiger partial charge >= 0.3 is 6.03 Å². The van der Waals surface area contributed by atoms with Gasteiger partial charge in [0.05, 0.1) is 0 Å². The van der Waals surface area contributed by atoms with E-state index in [-0.39, 0.29) is 11.9 Å². The number of hydrogen-bond acceptors (Lipinski definition) is 2. The van der Waals surface area contributed by atoms with Crippen molar-refractivity contribution in [3.8, 4) is 0 Å². The molecule has 0 aromatic heterocycles. The van der Waals surface area contributed by atoms with Gasteiger partial charge in [0.2, 0.25) is 0 Å². The van der Waals surface area contributed by atoms with Crippen molar-refractivity contribution in [1.82, 2.24) is 10.6 Å². The molecule has 0 aliphatic carbocycles. The summed E-state index contributed by atoms with van der Waals surface area (Å²) in [6, 6.07) is 14.4. The molecule has 2 aromatic carbocycles. The van der Waals surface area contributed by atoms with E-state index in [0.29, 0.717) is 17.8 Å². The second kappa shape index (κ2) is 7.26. The summed E-state index contributed by atoms with van der Waals surface area (Å²) in [5.74, 6) is -0.157. The zero-order valence-corrected chi connectivity index (χ0v) is 12.6. The highest BCUT2D eigenvalue weighted by atomic mass is 16.2. The van der Waals surface area contributed by atoms with E-state index in [1.165, 1.54) is 0 Å². The monoisotopic (exact) mass is 297 g/mol. The first kappa shape index (κ1) is 15.6. The highest BCUT2D eigenvalue weighted by Crippen LogP contribution is 2.09. The van der Waals surface area contributed by atoms with Gasteiger partial charge < -0.3 is 16.0 Å². The van der Waals surface area contributed by atoms with Gasteiger partial charge in [-0.3, -0.25) is 4.79 Å². The van der Waals surface area contributed by atoms with Crippen LogP contribution in [0.3, 0.4) is 0 Å². The third-order valence-electron chi connectivity index (χ3n) is 3.17. The molecule has 0 unspecified atom stereocenters. The number of hydrogen-bond donors (Lipinski definition) is 3. The first-order chi connectivity index (χ1) is 10.6. The number of carbonyl (C=O) groups is 2. The largest absolute Gasteiger partial charge is 0.355 e. The summed E-state index contributed by atoms with van der Waals surface area (Å²) < 4.78 is 0. The lowest BCUT2D eigenvalue weighted by molar-refractivity contribution is 0.0963. The summed E-state index contributed by atoms with van der Waals surface area (Å²) in [6.07, 6.45) is 0. The van der Waals surface area contributed by atoms with Gasteiger partial charge in [-0.05, 0) is 36.8 Å². The zero-order valence-electron chi connectivity index (χ0n) is 12.6. The molecule has 0 saturated carbocycles. The molecular weight excluding hydrogens is 278 g/mol. The van der Waals surface area contributed by atoms with E-state index in [4.69, 9.17) is 0 Å². The molecule has 0 spiro atoms. The fourth-order valence-corrected chi connectivity index (χ4v) is 2.03. The Morgan fingerprint density at radius 1 is 1.05 bits per heavy atom. The van der Waals surface area contributed by atoms with E-state index in [2.05, 4.69) is 16.0 Å². The summed E-state index contributed by atoms with van der Waals surface area (Å²) in [4.78, 5) is 23.3. The van der Waals surface area contributed by atoms with Crippen molar-refractivity contribution >= 4 is 17.6 Å². The van der Waals surface area contributed by atoms with Gasteiger partial charge in [0.25, 0.3) is 5.91 Å². The van der Waals surface area contributed by atoms with Gasteiger partial charge in [0.1, 0.15) is 0 Å². The minimum atomic E-state index is -0.283. The Bertz CT molecular complexity index is 666. The maximum Gasteiger partial charge on any atom is 0.319 e. The Kier molecular flexibility index (Phi) is 5.14. The molecule has 0 fully saturated rings. The van der Waals surface area contributed by atoms with E-state index in [9.17, 15) is 9.59 Å². The molecule has 5 heteroatoms. The van der Waals surface area contributed by atoms with Crippen molar-refractivity contribution in [3.63, 3.8) is 0 Å². The lowest BCUT2D eigenvalue weighted by atomic mass is 10.1. The Morgan fingerprint density at radius 2 is 1.77 bits per heavy atom. The molecule has 0 atom stereocenters. The molecule has 114 valence electrons. The van der Waals surface area contributed by atoms with Gasteiger partial charge in [0, 0.05) is 24.8 Å². The third-order valence-corrected chi connectivity index (χ3v) is 3.17. The Hall–Kier alpha value is -2.82. The number of rotatable bonds is 4. The van der Waals surface area contributed by atoms with E-state index in [1.54, 1.807) is 31.3 Å². The quantitative estimate of drug-likeness (QED) is 0.812. The Balaban J connectivity index is 1.88. The summed E-state index contributed by atoms with van der Waals surface area (Å²) in [5.41, 5.74) is 3.39. The molecule has 0 saturated heterocycles. The van der Waals surface area contributed by atoms with Gasteiger partial charge in [-0.2, -0.15) is 0 Å². The van der Waals surface area contributed by atoms with Crippen LogP contribution in [0.2, 0.25) is 0 Å². The molecule has 22 heavy (non-hydrogen) atoms. The van der Waals surface area contributed by atoms with E-state index in [1.807, 2.05) is 31.2 Å². The second-order valence-electron chi connectivity index (χ2n) is 4.95. The number of urea groups is 1. The fourth-order valence-electron chi connectivity index (χ4n) is 2.03. The highest BCUT2D eigenvalue weighted by molar-refractivity contribution is 5.95. The predicted octanol–water partition coefficient (Wildman–Crippen LogP) is 2.68. The molecule has 3 amide bonds. The van der Waals surface area contributed by atoms with E-state index >= 15 is 0 Å². The molecule has 0 heterocycles. The van der Waals surface area contributed by atoms with Crippen molar-refractivity contribution in [2.75, 3.05) is 12.4 Å². The molecule has 3 N–H and O–H groups in total. The van der Waals surface area contributed by atoms with Crippen LogP contribution in [0, 0.1) is 6.92 Å². The van der Waals surface area contributed by atoms with Gasteiger partial charge in [-0.15, -0.1) is 0 Å². The molecule has 0 bridgehead atoms. The molecule has 0 radical (unpaired) electrons. The standard InChI is InChI=1S/C17H19N3O2/c1-12-4-3-5-13(10-12)11-19-17(22)20-15-8-6-14(7-9-15)16(21)18-2/h3-10H,11H2,1-2H3,(H,18,21)(H2,19,20,22). The maximum absolute atomic E-state index is 11.8. The number of benzene rings is 2. The second-order valence-corrected chi connectivity index (χ2v) is 4.95. The number of aryl methyl sites for hydroxylation is 1. The van der Waals surface area contributed by atoms with Crippen LogP contribution >= 0.6 is 0 Å². The van der Waals surface area contributed by atoms with Crippen LogP contribution in [0.25, 0.3) is 0 Å². The van der Waals surface area contributed by atoms with E-state index in [0.717, 1.165) is 11.1 Å². The number of nitrogens with one attached hydrogen (secondary N) is 3. The first-order valence-electron chi connectivity index (χ1n) is 7.01. The molecule has 5 nitrogen and oxygen atoms in total. The van der Waals surface area contributed by atoms with Crippen molar-refractivity contribution in [3.05, 3.63) is 65.2 Å². The summed E-state index contributed by atoms with van der Waals surface area (Å²) >= 11 is 0. The topological polar surface area (TPSA) is 70.2 Å². The summed E-state index contributed by atoms with van der Waals surface area (Å²) in [7, 11) is 1.58. The Morgan fingerprint density at radius 3 is 2.41 bits per heavy atom.